The lowest BCUT2D eigenvalue weighted by molar-refractivity contribution is 0.589. The molecule has 0 saturated carbocycles. The Bertz CT molecular complexity index is 390. The maximum absolute atomic E-state index is 10.7. The molecule has 0 aliphatic carbocycles. The largest absolute Gasteiger partial charge is 0.360 e. The van der Waals surface area contributed by atoms with Gasteiger partial charge in [-0.3, -0.25) is 0 Å². The fraction of sp³-hybridized carbons (Fsp3) is 0.500. The highest BCUT2D eigenvalue weighted by atomic mass is 35.5. The second kappa shape index (κ2) is 4.92. The number of anilines is 1. The summed E-state index contributed by atoms with van der Waals surface area (Å²) in [6, 6.07) is 0. The minimum absolute atomic E-state index is 0.329. The molecule has 2 N–H and O–H groups in total. The topological polar surface area (TPSA) is 71.1 Å². The van der Waals surface area contributed by atoms with Gasteiger partial charge >= 0.3 is 0 Å². The predicted octanol–water partition coefficient (Wildman–Crippen LogP) is 0.758. The first-order valence-electron chi connectivity index (χ1n) is 3.77. The molecule has 0 fully saturated rings. The van der Waals surface area contributed by atoms with Gasteiger partial charge in [0, 0.05) is 18.5 Å². The van der Waals surface area contributed by atoms with Crippen molar-refractivity contribution in [3.05, 3.63) is 10.5 Å². The first-order valence-corrected chi connectivity index (χ1v) is 6.92. The van der Waals surface area contributed by atoms with Crippen molar-refractivity contribution in [2.24, 2.45) is 0 Å². The lowest BCUT2D eigenvalue weighted by atomic mass is 10.7. The average molecular weight is 256 g/mol. The van der Waals surface area contributed by atoms with Crippen molar-refractivity contribution in [3.63, 3.8) is 0 Å². The molecule has 1 aromatic rings. The van der Waals surface area contributed by atoms with Crippen LogP contribution in [0.2, 0.25) is 5.15 Å². The van der Waals surface area contributed by atoms with E-state index in [1.807, 2.05) is 0 Å². The molecule has 0 unspecified atom stereocenters. The Morgan fingerprint density at radius 1 is 1.57 bits per heavy atom. The Morgan fingerprint density at radius 2 is 2.29 bits per heavy atom. The molecule has 0 saturated heterocycles. The molecule has 0 atom stereocenters. The van der Waals surface area contributed by atoms with Crippen LogP contribution in [0.3, 0.4) is 0 Å². The Morgan fingerprint density at radius 3 is 2.79 bits per heavy atom. The first kappa shape index (κ1) is 11.7. The third kappa shape index (κ3) is 4.75. The van der Waals surface area contributed by atoms with Crippen LogP contribution in [0, 0.1) is 0 Å². The molecule has 80 valence electrons. The smallest absolute Gasteiger partial charge is 0.208 e. The highest BCUT2D eigenvalue weighted by Crippen LogP contribution is 2.18. The van der Waals surface area contributed by atoms with Crippen LogP contribution in [0.4, 0.5) is 5.13 Å². The van der Waals surface area contributed by atoms with Crippen molar-refractivity contribution >= 4 is 38.1 Å². The van der Waals surface area contributed by atoms with Gasteiger partial charge in [0.1, 0.15) is 5.15 Å². The van der Waals surface area contributed by atoms with Crippen LogP contribution in [0.5, 0.6) is 0 Å². The summed E-state index contributed by atoms with van der Waals surface area (Å²) in [7, 11) is -3.11. The van der Waals surface area contributed by atoms with Crippen molar-refractivity contribution in [1.82, 2.24) is 9.71 Å². The Labute approximate surface area is 91.6 Å². The molecule has 0 spiro atoms. The predicted molar refractivity (Wildman–Crippen MR) is 58.5 cm³/mol. The first-order chi connectivity index (χ1) is 6.47. The van der Waals surface area contributed by atoms with Gasteiger partial charge in [0.2, 0.25) is 10.0 Å². The zero-order valence-corrected chi connectivity index (χ0v) is 9.84. The van der Waals surface area contributed by atoms with Crippen LogP contribution in [0.25, 0.3) is 0 Å². The van der Waals surface area contributed by atoms with Gasteiger partial charge in [0.25, 0.3) is 0 Å². The monoisotopic (exact) mass is 255 g/mol. The number of halogens is 1. The molecule has 5 nitrogen and oxygen atoms in total. The molecule has 0 aromatic carbocycles. The molecule has 0 aliphatic rings. The van der Waals surface area contributed by atoms with E-state index in [4.69, 9.17) is 11.6 Å². The number of thiazole rings is 1. The minimum Gasteiger partial charge on any atom is -0.360 e. The molecule has 8 heteroatoms. The fourth-order valence-corrected chi connectivity index (χ4v) is 2.08. The van der Waals surface area contributed by atoms with Crippen LogP contribution in [0.1, 0.15) is 0 Å². The number of hydrogen-bond donors (Lipinski definition) is 2. The van der Waals surface area contributed by atoms with Gasteiger partial charge in [0.15, 0.2) is 5.13 Å². The van der Waals surface area contributed by atoms with E-state index in [0.29, 0.717) is 23.4 Å². The summed E-state index contributed by atoms with van der Waals surface area (Å²) >= 11 is 6.97. The second-order valence-electron chi connectivity index (χ2n) is 2.57. The van der Waals surface area contributed by atoms with Crippen molar-refractivity contribution < 1.29 is 8.42 Å². The molecule has 1 aromatic heterocycles. The summed E-state index contributed by atoms with van der Waals surface area (Å²) in [6.45, 7) is 0.812. The van der Waals surface area contributed by atoms with E-state index in [1.165, 1.54) is 11.3 Å². The molecule has 0 aliphatic heterocycles. The average Bonchev–Trinajstić information content (AvgIpc) is 2.44. The van der Waals surface area contributed by atoms with Gasteiger partial charge in [-0.25, -0.2) is 18.1 Å². The molecule has 1 rings (SSSR count). The highest BCUT2D eigenvalue weighted by Gasteiger charge is 2.00. The number of rotatable bonds is 5. The second-order valence-corrected chi connectivity index (χ2v) is 5.65. The minimum atomic E-state index is -3.11. The number of sulfonamides is 1. The van der Waals surface area contributed by atoms with Gasteiger partial charge in [-0.05, 0) is 0 Å². The van der Waals surface area contributed by atoms with E-state index in [-0.39, 0.29) is 0 Å². The van der Waals surface area contributed by atoms with E-state index < -0.39 is 10.0 Å². The Hall–Kier alpha value is -0.370. The van der Waals surface area contributed by atoms with E-state index in [9.17, 15) is 8.42 Å². The summed E-state index contributed by atoms with van der Waals surface area (Å²) in [5.41, 5.74) is 0. The van der Waals surface area contributed by atoms with Gasteiger partial charge in [0.05, 0.1) is 6.26 Å². The van der Waals surface area contributed by atoms with E-state index >= 15 is 0 Å². The van der Waals surface area contributed by atoms with Crippen LogP contribution in [-0.4, -0.2) is 32.7 Å². The van der Waals surface area contributed by atoms with E-state index in [1.54, 1.807) is 5.38 Å². The molecule has 0 bridgehead atoms. The van der Waals surface area contributed by atoms with Crippen LogP contribution in [0.15, 0.2) is 5.38 Å². The fourth-order valence-electron chi connectivity index (χ4n) is 0.741. The van der Waals surface area contributed by atoms with Gasteiger partial charge in [-0.1, -0.05) is 11.6 Å². The third-order valence-electron chi connectivity index (χ3n) is 1.24. The van der Waals surface area contributed by atoms with Gasteiger partial charge in [-0.2, -0.15) is 0 Å². The Balaban J connectivity index is 2.23. The molecular formula is C6H10ClN3O2S2. The summed E-state index contributed by atoms with van der Waals surface area (Å²) < 4.78 is 23.7. The third-order valence-corrected chi connectivity index (χ3v) is 3.09. The van der Waals surface area contributed by atoms with Crippen LogP contribution >= 0.6 is 22.9 Å². The number of hydrogen-bond acceptors (Lipinski definition) is 5. The number of aromatic nitrogens is 1. The SMILES string of the molecule is CS(=O)(=O)NCCNc1nc(Cl)cs1. The molecule has 0 amide bonds. The number of nitrogens with zero attached hydrogens (tertiary/aromatic N) is 1. The van der Waals surface area contributed by atoms with Gasteiger partial charge < -0.3 is 5.32 Å². The van der Waals surface area contributed by atoms with Crippen molar-refractivity contribution in [2.75, 3.05) is 24.7 Å². The van der Waals surface area contributed by atoms with Crippen molar-refractivity contribution in [1.29, 1.82) is 0 Å². The molecule has 0 radical (unpaired) electrons. The van der Waals surface area contributed by atoms with Gasteiger partial charge in [-0.15, -0.1) is 11.3 Å². The van der Waals surface area contributed by atoms with Crippen LogP contribution in [-0.2, 0) is 10.0 Å². The quantitative estimate of drug-likeness (QED) is 0.762. The molecule has 14 heavy (non-hydrogen) atoms. The maximum Gasteiger partial charge on any atom is 0.208 e. The van der Waals surface area contributed by atoms with Crippen LogP contribution < -0.4 is 10.0 Å². The van der Waals surface area contributed by atoms with Crippen molar-refractivity contribution in [2.45, 2.75) is 0 Å². The zero-order chi connectivity index (χ0) is 10.6. The summed E-state index contributed by atoms with van der Waals surface area (Å²) in [5.74, 6) is 0. The lowest BCUT2D eigenvalue weighted by Gasteiger charge is -2.02. The summed E-state index contributed by atoms with van der Waals surface area (Å²) in [6.07, 6.45) is 1.12. The molecular weight excluding hydrogens is 246 g/mol. The lowest BCUT2D eigenvalue weighted by Crippen LogP contribution is -2.27. The molecule has 1 heterocycles. The Kier molecular flexibility index (Phi) is 4.11. The van der Waals surface area contributed by atoms with Crippen molar-refractivity contribution in [3.8, 4) is 0 Å². The standard InChI is InChI=1S/C6H10ClN3O2S2/c1-14(11,12)9-3-2-8-6-10-5(7)4-13-6/h4,9H,2-3H2,1H3,(H,8,10). The zero-order valence-electron chi connectivity index (χ0n) is 7.45. The number of nitrogens with one attached hydrogen (secondary N) is 2. The maximum atomic E-state index is 10.7. The highest BCUT2D eigenvalue weighted by molar-refractivity contribution is 7.88. The summed E-state index contributed by atoms with van der Waals surface area (Å²) in [5, 5.41) is 5.76. The van der Waals surface area contributed by atoms with E-state index in [0.717, 1.165) is 6.26 Å². The normalized spacial score (nSPS) is 11.6. The van der Waals surface area contributed by atoms with E-state index in [2.05, 4.69) is 15.0 Å². The summed E-state index contributed by atoms with van der Waals surface area (Å²) in [4.78, 5) is 3.94.